The van der Waals surface area contributed by atoms with E-state index in [0.717, 1.165) is 11.6 Å². The molecular formula is C18H15ClF3NO. The van der Waals surface area contributed by atoms with Crippen LogP contribution in [-0.4, -0.2) is 11.9 Å². The highest BCUT2D eigenvalue weighted by molar-refractivity contribution is 6.30. The fourth-order valence-corrected chi connectivity index (χ4v) is 3.16. The van der Waals surface area contributed by atoms with E-state index in [1.807, 2.05) is 19.1 Å². The van der Waals surface area contributed by atoms with Gasteiger partial charge in [-0.15, -0.1) is 0 Å². The van der Waals surface area contributed by atoms with Crippen molar-refractivity contribution in [1.82, 2.24) is 5.32 Å². The van der Waals surface area contributed by atoms with Gasteiger partial charge in [0.05, 0.1) is 11.1 Å². The van der Waals surface area contributed by atoms with Gasteiger partial charge in [-0.2, -0.15) is 13.2 Å². The Balaban J connectivity index is 1.76. The quantitative estimate of drug-likeness (QED) is 0.836. The van der Waals surface area contributed by atoms with Crippen molar-refractivity contribution in [2.24, 2.45) is 5.92 Å². The van der Waals surface area contributed by atoms with E-state index < -0.39 is 17.6 Å². The number of alkyl halides is 3. The zero-order valence-corrected chi connectivity index (χ0v) is 13.5. The van der Waals surface area contributed by atoms with Gasteiger partial charge in [-0.3, -0.25) is 4.79 Å². The molecule has 1 aliphatic carbocycles. The summed E-state index contributed by atoms with van der Waals surface area (Å²) in [7, 11) is 0. The molecule has 3 atom stereocenters. The van der Waals surface area contributed by atoms with Crippen molar-refractivity contribution in [3.8, 4) is 0 Å². The second kappa shape index (κ2) is 6.13. The summed E-state index contributed by atoms with van der Waals surface area (Å²) in [6.07, 6.45) is -4.56. The van der Waals surface area contributed by atoms with Gasteiger partial charge in [0.15, 0.2) is 0 Å². The second-order valence-corrected chi connectivity index (χ2v) is 6.42. The maximum atomic E-state index is 13.0. The van der Waals surface area contributed by atoms with E-state index in [0.29, 0.717) is 5.02 Å². The summed E-state index contributed by atoms with van der Waals surface area (Å²) in [5.74, 6) is -0.450. The van der Waals surface area contributed by atoms with Gasteiger partial charge in [-0.1, -0.05) is 42.8 Å². The molecule has 6 heteroatoms. The first-order chi connectivity index (χ1) is 11.3. The summed E-state index contributed by atoms with van der Waals surface area (Å²) >= 11 is 5.86. The fourth-order valence-electron chi connectivity index (χ4n) is 3.04. The molecule has 0 radical (unpaired) electrons. The SMILES string of the molecule is C[C@H]1[C@@H](NC(=O)c2ccccc2C(F)(F)F)[C@H]1c1ccc(Cl)cc1. The summed E-state index contributed by atoms with van der Waals surface area (Å²) in [6.45, 7) is 1.96. The summed E-state index contributed by atoms with van der Waals surface area (Å²) < 4.78 is 39.1. The van der Waals surface area contributed by atoms with Crippen LogP contribution in [0.1, 0.15) is 34.3 Å². The Hall–Kier alpha value is -2.01. The maximum absolute atomic E-state index is 13.0. The molecule has 0 aliphatic heterocycles. The minimum atomic E-state index is -4.56. The van der Waals surface area contributed by atoms with E-state index in [-0.39, 0.29) is 23.4 Å². The molecular weight excluding hydrogens is 339 g/mol. The Labute approximate surface area is 142 Å². The standard InChI is InChI=1S/C18H15ClF3NO/c1-10-15(11-6-8-12(19)9-7-11)16(10)23-17(24)13-4-2-3-5-14(13)18(20,21)22/h2-10,15-16H,1H3,(H,23,24)/t10-,15-,16-/m1/s1. The highest BCUT2D eigenvalue weighted by Crippen LogP contribution is 2.47. The predicted octanol–water partition coefficient (Wildman–Crippen LogP) is 4.89. The van der Waals surface area contributed by atoms with E-state index >= 15 is 0 Å². The van der Waals surface area contributed by atoms with E-state index in [1.54, 1.807) is 12.1 Å². The molecule has 2 aromatic rings. The molecule has 2 nitrogen and oxygen atoms in total. The molecule has 0 heterocycles. The number of amides is 1. The first kappa shape index (κ1) is 16.8. The third kappa shape index (κ3) is 3.26. The van der Waals surface area contributed by atoms with Gasteiger partial charge in [0.2, 0.25) is 0 Å². The normalized spacial score (nSPS) is 23.0. The molecule has 1 N–H and O–H groups in total. The zero-order valence-electron chi connectivity index (χ0n) is 12.8. The van der Waals surface area contributed by atoms with Gasteiger partial charge < -0.3 is 5.32 Å². The number of rotatable bonds is 3. The molecule has 0 bridgehead atoms. The minimum Gasteiger partial charge on any atom is -0.348 e. The van der Waals surface area contributed by atoms with Gasteiger partial charge in [0.25, 0.3) is 5.91 Å². The van der Waals surface area contributed by atoms with Crippen LogP contribution < -0.4 is 5.32 Å². The smallest absolute Gasteiger partial charge is 0.348 e. The monoisotopic (exact) mass is 353 g/mol. The van der Waals surface area contributed by atoms with Crippen molar-refractivity contribution in [3.63, 3.8) is 0 Å². The molecule has 1 aliphatic rings. The molecule has 24 heavy (non-hydrogen) atoms. The largest absolute Gasteiger partial charge is 0.417 e. The number of carbonyl (C=O) groups excluding carboxylic acids is 1. The molecule has 1 saturated carbocycles. The van der Waals surface area contributed by atoms with Crippen molar-refractivity contribution in [3.05, 3.63) is 70.2 Å². The molecule has 1 fully saturated rings. The van der Waals surface area contributed by atoms with Crippen molar-refractivity contribution >= 4 is 17.5 Å². The molecule has 1 amide bonds. The van der Waals surface area contributed by atoms with E-state index in [2.05, 4.69) is 5.32 Å². The first-order valence-electron chi connectivity index (χ1n) is 7.51. The van der Waals surface area contributed by atoms with Crippen LogP contribution in [0.2, 0.25) is 5.02 Å². The number of nitrogens with one attached hydrogen (secondary N) is 1. The lowest BCUT2D eigenvalue weighted by Crippen LogP contribution is -2.29. The molecule has 3 rings (SSSR count). The van der Waals surface area contributed by atoms with Crippen molar-refractivity contribution in [1.29, 1.82) is 0 Å². The molecule has 0 saturated heterocycles. The molecule has 0 unspecified atom stereocenters. The van der Waals surface area contributed by atoms with Crippen LogP contribution in [0.3, 0.4) is 0 Å². The second-order valence-electron chi connectivity index (χ2n) is 5.98. The van der Waals surface area contributed by atoms with Crippen LogP contribution in [0, 0.1) is 5.92 Å². The van der Waals surface area contributed by atoms with Crippen LogP contribution in [0.15, 0.2) is 48.5 Å². The lowest BCUT2D eigenvalue weighted by atomic mass is 10.1. The Morgan fingerprint density at radius 2 is 1.71 bits per heavy atom. The van der Waals surface area contributed by atoms with E-state index in [4.69, 9.17) is 11.6 Å². The van der Waals surface area contributed by atoms with Gasteiger partial charge in [-0.05, 0) is 35.7 Å². The molecule has 126 valence electrons. The van der Waals surface area contributed by atoms with Crippen LogP contribution in [-0.2, 0) is 6.18 Å². The Morgan fingerprint density at radius 1 is 1.08 bits per heavy atom. The third-order valence-corrected chi connectivity index (χ3v) is 4.66. The summed E-state index contributed by atoms with van der Waals surface area (Å²) in [6, 6.07) is 11.9. The summed E-state index contributed by atoms with van der Waals surface area (Å²) in [4.78, 5) is 12.3. The van der Waals surface area contributed by atoms with Crippen LogP contribution in [0.5, 0.6) is 0 Å². The van der Waals surface area contributed by atoms with Gasteiger partial charge in [0, 0.05) is 17.0 Å². The Kier molecular flexibility index (Phi) is 4.30. The number of halogens is 4. The molecule has 0 spiro atoms. The predicted molar refractivity (Wildman–Crippen MR) is 86.1 cm³/mol. The first-order valence-corrected chi connectivity index (χ1v) is 7.89. The number of hydrogen-bond acceptors (Lipinski definition) is 1. The highest BCUT2D eigenvalue weighted by Gasteiger charge is 2.49. The van der Waals surface area contributed by atoms with E-state index in [1.165, 1.54) is 18.2 Å². The molecule has 2 aromatic carbocycles. The Bertz CT molecular complexity index is 758. The highest BCUT2D eigenvalue weighted by atomic mass is 35.5. The topological polar surface area (TPSA) is 29.1 Å². The van der Waals surface area contributed by atoms with Crippen molar-refractivity contribution in [2.75, 3.05) is 0 Å². The maximum Gasteiger partial charge on any atom is 0.417 e. The number of hydrogen-bond donors (Lipinski definition) is 1. The number of carbonyl (C=O) groups is 1. The van der Waals surface area contributed by atoms with Gasteiger partial charge in [0.1, 0.15) is 0 Å². The fraction of sp³-hybridized carbons (Fsp3) is 0.278. The third-order valence-electron chi connectivity index (χ3n) is 4.41. The van der Waals surface area contributed by atoms with Crippen molar-refractivity contribution in [2.45, 2.75) is 25.1 Å². The van der Waals surface area contributed by atoms with Crippen LogP contribution >= 0.6 is 11.6 Å². The average molecular weight is 354 g/mol. The van der Waals surface area contributed by atoms with Crippen molar-refractivity contribution < 1.29 is 18.0 Å². The Morgan fingerprint density at radius 3 is 2.33 bits per heavy atom. The lowest BCUT2D eigenvalue weighted by molar-refractivity contribution is -0.137. The average Bonchev–Trinajstić information content (AvgIpc) is 3.16. The van der Waals surface area contributed by atoms with Gasteiger partial charge >= 0.3 is 6.18 Å². The minimum absolute atomic E-state index is 0.0873. The van der Waals surface area contributed by atoms with Gasteiger partial charge in [-0.25, -0.2) is 0 Å². The molecule has 0 aromatic heterocycles. The lowest BCUT2D eigenvalue weighted by Gasteiger charge is -2.12. The summed E-state index contributed by atoms with van der Waals surface area (Å²) in [5, 5.41) is 3.34. The summed E-state index contributed by atoms with van der Waals surface area (Å²) in [5.41, 5.74) is -0.251. The zero-order chi connectivity index (χ0) is 17.5. The van der Waals surface area contributed by atoms with E-state index in [9.17, 15) is 18.0 Å². The van der Waals surface area contributed by atoms with Crippen LogP contribution in [0.25, 0.3) is 0 Å². The van der Waals surface area contributed by atoms with Crippen LogP contribution in [0.4, 0.5) is 13.2 Å². The number of benzene rings is 2.